The Labute approximate surface area is 44.0 Å². The van der Waals surface area contributed by atoms with Crippen LogP contribution in [0.25, 0.3) is 0 Å². The molecule has 0 radical (unpaired) electrons. The largest absolute Gasteiger partial charge is 0.212 e. The number of rotatable bonds is 2. The van der Waals surface area contributed by atoms with Crippen molar-refractivity contribution < 1.29 is 4.39 Å². The van der Waals surface area contributed by atoms with Gasteiger partial charge < -0.3 is 0 Å². The van der Waals surface area contributed by atoms with Crippen molar-refractivity contribution in [1.82, 2.24) is 0 Å². The first-order valence-corrected chi connectivity index (χ1v) is 2.59. The normalized spacial score (nSPS) is 12.1. The third-order valence-electron chi connectivity index (χ3n) is 0.714. The fraction of sp³-hybridized carbons (Fsp3) is 0.667. The molecule has 0 saturated heterocycles. The summed E-state index contributed by atoms with van der Waals surface area (Å²) in [6.07, 6.45) is 3.49. The van der Waals surface area contributed by atoms with Crippen LogP contribution in [0.1, 0.15) is 26.7 Å². The predicted molar refractivity (Wildman–Crippen MR) is 29.8 cm³/mol. The molecule has 0 atom stereocenters. The first-order chi connectivity index (χ1) is 3.27. The summed E-state index contributed by atoms with van der Waals surface area (Å²) in [7, 11) is 0. The summed E-state index contributed by atoms with van der Waals surface area (Å²) in [6, 6.07) is 0. The van der Waals surface area contributed by atoms with E-state index in [0.29, 0.717) is 0 Å². The lowest BCUT2D eigenvalue weighted by atomic mass is 10.3. The van der Waals surface area contributed by atoms with Gasteiger partial charge in [-0.1, -0.05) is 19.4 Å². The molecule has 42 valence electrons. The molecule has 0 amide bonds. The molecule has 1 heteroatoms. The number of hydrogen-bond acceptors (Lipinski definition) is 0. The topological polar surface area (TPSA) is 0 Å². The van der Waals surface area contributed by atoms with Gasteiger partial charge in [0.2, 0.25) is 0 Å². The second-order valence-electron chi connectivity index (χ2n) is 1.58. The zero-order valence-corrected chi connectivity index (χ0v) is 4.87. The van der Waals surface area contributed by atoms with Crippen LogP contribution in [-0.2, 0) is 0 Å². The minimum atomic E-state index is -0.0677. The van der Waals surface area contributed by atoms with Gasteiger partial charge in [-0.3, -0.25) is 0 Å². The molecule has 0 saturated carbocycles. The van der Waals surface area contributed by atoms with Crippen molar-refractivity contribution >= 4 is 0 Å². The highest BCUT2D eigenvalue weighted by atomic mass is 19.1. The molecule has 0 aliphatic carbocycles. The summed E-state index contributed by atoms with van der Waals surface area (Å²) in [4.78, 5) is 0. The molecule has 0 fully saturated rings. The van der Waals surface area contributed by atoms with E-state index in [4.69, 9.17) is 0 Å². The van der Waals surface area contributed by atoms with E-state index in [1.165, 1.54) is 6.92 Å². The maximum Gasteiger partial charge on any atom is 0.0928 e. The Balaban J connectivity index is 3.08. The summed E-state index contributed by atoms with van der Waals surface area (Å²) in [5, 5.41) is 0. The highest BCUT2D eigenvalue weighted by Crippen LogP contribution is 1.96. The Hall–Kier alpha value is -0.330. The van der Waals surface area contributed by atoms with Crippen LogP contribution >= 0.6 is 0 Å². The summed E-state index contributed by atoms with van der Waals surface area (Å²) in [5.74, 6) is -0.0677. The second kappa shape index (κ2) is 3.85. The van der Waals surface area contributed by atoms with Gasteiger partial charge in [-0.05, 0) is 13.3 Å². The van der Waals surface area contributed by atoms with Crippen molar-refractivity contribution in [2.75, 3.05) is 0 Å². The third kappa shape index (κ3) is 5.67. The van der Waals surface area contributed by atoms with Gasteiger partial charge in [0.05, 0.1) is 5.83 Å². The van der Waals surface area contributed by atoms with Gasteiger partial charge in [0.25, 0.3) is 0 Å². The molecular weight excluding hydrogens is 91.1 g/mol. The Morgan fingerprint density at radius 3 is 2.43 bits per heavy atom. The Kier molecular flexibility index (Phi) is 3.67. The quantitative estimate of drug-likeness (QED) is 0.502. The lowest BCUT2D eigenvalue weighted by Crippen LogP contribution is -1.62. The minimum Gasteiger partial charge on any atom is -0.212 e. The fourth-order valence-electron chi connectivity index (χ4n) is 0.343. The number of halogens is 1. The summed E-state index contributed by atoms with van der Waals surface area (Å²) in [5.41, 5.74) is 0. The van der Waals surface area contributed by atoms with Gasteiger partial charge >= 0.3 is 0 Å². The van der Waals surface area contributed by atoms with Crippen molar-refractivity contribution in [3.8, 4) is 0 Å². The summed E-state index contributed by atoms with van der Waals surface area (Å²) in [6.45, 7) is 3.50. The van der Waals surface area contributed by atoms with Crippen molar-refractivity contribution in [1.29, 1.82) is 0 Å². The van der Waals surface area contributed by atoms with Crippen LogP contribution in [0.5, 0.6) is 0 Å². The standard InChI is InChI=1S/C6H11F/c1-3-4-5-6(2)7/h5H,3-4H2,1-2H3/b6-5-. The predicted octanol–water partition coefficient (Wildman–Crippen LogP) is 2.66. The third-order valence-corrected chi connectivity index (χ3v) is 0.714. The van der Waals surface area contributed by atoms with Gasteiger partial charge in [0, 0.05) is 0 Å². The molecule has 0 nitrogen and oxygen atoms in total. The van der Waals surface area contributed by atoms with Crippen LogP contribution in [0.2, 0.25) is 0 Å². The van der Waals surface area contributed by atoms with Crippen LogP contribution in [0.15, 0.2) is 11.9 Å². The van der Waals surface area contributed by atoms with E-state index in [1.54, 1.807) is 6.08 Å². The Morgan fingerprint density at radius 2 is 2.29 bits per heavy atom. The highest BCUT2D eigenvalue weighted by molar-refractivity contribution is 4.85. The van der Waals surface area contributed by atoms with E-state index in [2.05, 4.69) is 0 Å². The molecule has 0 spiro atoms. The molecule has 0 heterocycles. The van der Waals surface area contributed by atoms with Gasteiger partial charge in [-0.25, -0.2) is 4.39 Å². The zero-order valence-electron chi connectivity index (χ0n) is 4.87. The second-order valence-corrected chi connectivity index (χ2v) is 1.58. The molecule has 0 aromatic rings. The first-order valence-electron chi connectivity index (χ1n) is 2.59. The van der Waals surface area contributed by atoms with E-state index in [9.17, 15) is 4.39 Å². The molecule has 0 bridgehead atoms. The van der Waals surface area contributed by atoms with Gasteiger partial charge in [-0.15, -0.1) is 0 Å². The van der Waals surface area contributed by atoms with Crippen LogP contribution in [0.4, 0.5) is 4.39 Å². The van der Waals surface area contributed by atoms with Crippen molar-refractivity contribution in [2.24, 2.45) is 0 Å². The lowest BCUT2D eigenvalue weighted by molar-refractivity contribution is 0.632. The smallest absolute Gasteiger partial charge is 0.0928 e. The van der Waals surface area contributed by atoms with Crippen molar-refractivity contribution in [2.45, 2.75) is 26.7 Å². The van der Waals surface area contributed by atoms with E-state index >= 15 is 0 Å². The summed E-state index contributed by atoms with van der Waals surface area (Å²) >= 11 is 0. The lowest BCUT2D eigenvalue weighted by Gasteiger charge is -1.81. The average molecular weight is 102 g/mol. The number of hydrogen-bond donors (Lipinski definition) is 0. The molecular formula is C6H11F. The Morgan fingerprint density at radius 1 is 1.71 bits per heavy atom. The molecule has 0 aromatic carbocycles. The molecule has 0 aromatic heterocycles. The van der Waals surface area contributed by atoms with Crippen molar-refractivity contribution in [3.05, 3.63) is 11.9 Å². The van der Waals surface area contributed by atoms with E-state index in [-0.39, 0.29) is 5.83 Å². The monoisotopic (exact) mass is 102 g/mol. The number of unbranched alkanes of at least 4 members (excludes halogenated alkanes) is 1. The number of allylic oxidation sites excluding steroid dienone is 2. The minimum absolute atomic E-state index is 0.0677. The van der Waals surface area contributed by atoms with E-state index in [1.807, 2.05) is 6.92 Å². The zero-order chi connectivity index (χ0) is 5.70. The van der Waals surface area contributed by atoms with Gasteiger partial charge in [0.1, 0.15) is 0 Å². The maximum absolute atomic E-state index is 11.7. The first kappa shape index (κ1) is 6.67. The fourth-order valence-corrected chi connectivity index (χ4v) is 0.343. The van der Waals surface area contributed by atoms with Gasteiger partial charge in [0.15, 0.2) is 0 Å². The van der Waals surface area contributed by atoms with Crippen LogP contribution in [0.3, 0.4) is 0 Å². The molecule has 0 unspecified atom stereocenters. The van der Waals surface area contributed by atoms with E-state index in [0.717, 1.165) is 12.8 Å². The molecule has 0 aliphatic heterocycles. The average Bonchev–Trinajstić information content (AvgIpc) is 1.61. The van der Waals surface area contributed by atoms with Gasteiger partial charge in [-0.2, -0.15) is 0 Å². The maximum atomic E-state index is 11.7. The van der Waals surface area contributed by atoms with Crippen molar-refractivity contribution in [3.63, 3.8) is 0 Å². The molecule has 0 aliphatic rings. The Bertz CT molecular complexity index is 60.6. The van der Waals surface area contributed by atoms with Crippen LogP contribution < -0.4 is 0 Å². The van der Waals surface area contributed by atoms with Crippen LogP contribution in [0, 0.1) is 0 Å². The highest BCUT2D eigenvalue weighted by Gasteiger charge is 1.77. The molecule has 0 rings (SSSR count). The molecule has 7 heavy (non-hydrogen) atoms. The summed E-state index contributed by atoms with van der Waals surface area (Å²) < 4.78 is 11.7. The SMILES string of the molecule is CCC/C=C(/C)F. The van der Waals surface area contributed by atoms with Crippen LogP contribution in [-0.4, -0.2) is 0 Å². The van der Waals surface area contributed by atoms with E-state index < -0.39 is 0 Å². The molecule has 0 N–H and O–H groups in total.